The minimum atomic E-state index is -0.892. The van der Waals surface area contributed by atoms with E-state index in [9.17, 15) is 13.6 Å². The van der Waals surface area contributed by atoms with Crippen molar-refractivity contribution in [1.29, 1.82) is 0 Å². The fraction of sp³-hybridized carbons (Fsp3) is 0.133. The number of rotatable bonds is 5. The van der Waals surface area contributed by atoms with Gasteiger partial charge >= 0.3 is 0 Å². The van der Waals surface area contributed by atoms with Crippen molar-refractivity contribution in [2.24, 2.45) is 0 Å². The molecule has 0 atom stereocenters. The Morgan fingerprint density at radius 3 is 2.35 bits per heavy atom. The van der Waals surface area contributed by atoms with E-state index in [1.54, 1.807) is 24.3 Å². The van der Waals surface area contributed by atoms with E-state index in [1.807, 2.05) is 0 Å². The molecule has 0 aliphatic carbocycles. The Morgan fingerprint density at radius 1 is 1.05 bits per heavy atom. The molecule has 20 heavy (non-hydrogen) atoms. The van der Waals surface area contributed by atoms with Gasteiger partial charge in [0.25, 0.3) is 0 Å². The van der Waals surface area contributed by atoms with E-state index < -0.39 is 29.6 Å². The van der Waals surface area contributed by atoms with E-state index in [-0.39, 0.29) is 6.61 Å². The summed E-state index contributed by atoms with van der Waals surface area (Å²) in [5.74, 6) is -2.53. The number of carbonyl (C=O) groups is 1. The van der Waals surface area contributed by atoms with Gasteiger partial charge in [0.2, 0.25) is 0 Å². The third kappa shape index (κ3) is 3.40. The van der Waals surface area contributed by atoms with Gasteiger partial charge in [0.1, 0.15) is 18.2 Å². The first-order chi connectivity index (χ1) is 9.59. The van der Waals surface area contributed by atoms with Crippen LogP contribution in [0.4, 0.5) is 8.78 Å². The zero-order valence-corrected chi connectivity index (χ0v) is 11.2. The normalized spacial score (nSPS) is 10.6. The molecule has 5 heteroatoms. The first-order valence-electron chi connectivity index (χ1n) is 5.88. The number of ketones is 1. The summed E-state index contributed by atoms with van der Waals surface area (Å²) >= 11 is 5.92. The van der Waals surface area contributed by atoms with Crippen LogP contribution in [0.5, 0.6) is 0 Å². The summed E-state index contributed by atoms with van der Waals surface area (Å²) in [5.41, 5.74) is 0.127. The van der Waals surface area contributed by atoms with E-state index in [4.69, 9.17) is 16.3 Å². The van der Waals surface area contributed by atoms with Crippen molar-refractivity contribution in [2.45, 2.75) is 6.61 Å². The van der Waals surface area contributed by atoms with Gasteiger partial charge in [-0.1, -0.05) is 35.9 Å². The average Bonchev–Trinajstić information content (AvgIpc) is 2.41. The van der Waals surface area contributed by atoms with E-state index in [0.717, 1.165) is 12.1 Å². The molecule has 0 amide bonds. The molecule has 0 saturated heterocycles. The smallest absolute Gasteiger partial charge is 0.194 e. The third-order valence-corrected chi connectivity index (χ3v) is 3.06. The molecule has 0 unspecified atom stereocenters. The number of benzene rings is 2. The average molecular weight is 297 g/mol. The highest BCUT2D eigenvalue weighted by Crippen LogP contribution is 2.17. The summed E-state index contributed by atoms with van der Waals surface area (Å²) in [6.45, 7) is -0.315. The summed E-state index contributed by atoms with van der Waals surface area (Å²) in [5, 5.41) is 0.511. The molecular formula is C15H11ClF2O2. The Bertz CT molecular complexity index is 609. The lowest BCUT2D eigenvalue weighted by Gasteiger charge is -2.07. The lowest BCUT2D eigenvalue weighted by atomic mass is 10.1. The van der Waals surface area contributed by atoms with Crippen LogP contribution < -0.4 is 0 Å². The predicted octanol–water partition coefficient (Wildman–Crippen LogP) is 4.02. The minimum absolute atomic E-state index is 0.0987. The fourth-order valence-corrected chi connectivity index (χ4v) is 1.90. The second-order valence-electron chi connectivity index (χ2n) is 4.10. The number of hydrogen-bond donors (Lipinski definition) is 0. The molecule has 2 rings (SSSR count). The fourth-order valence-electron chi connectivity index (χ4n) is 1.71. The topological polar surface area (TPSA) is 26.3 Å². The van der Waals surface area contributed by atoms with Crippen LogP contribution in [-0.4, -0.2) is 12.4 Å². The molecule has 104 valence electrons. The largest absolute Gasteiger partial charge is 0.369 e. The molecule has 0 heterocycles. The highest BCUT2D eigenvalue weighted by atomic mass is 35.5. The van der Waals surface area contributed by atoms with Crippen LogP contribution in [-0.2, 0) is 11.3 Å². The number of ether oxygens (including phenoxy) is 1. The van der Waals surface area contributed by atoms with E-state index in [2.05, 4.69) is 0 Å². The van der Waals surface area contributed by atoms with Crippen LogP contribution in [0.1, 0.15) is 15.9 Å². The van der Waals surface area contributed by atoms with E-state index in [0.29, 0.717) is 10.6 Å². The Kier molecular flexibility index (Phi) is 4.82. The zero-order chi connectivity index (χ0) is 14.5. The molecule has 0 spiro atoms. The van der Waals surface area contributed by atoms with Crippen molar-refractivity contribution in [3.63, 3.8) is 0 Å². The summed E-state index contributed by atoms with van der Waals surface area (Å²) in [7, 11) is 0. The Balaban J connectivity index is 1.98. The molecule has 0 bridgehead atoms. The Morgan fingerprint density at radius 2 is 1.70 bits per heavy atom. The quantitative estimate of drug-likeness (QED) is 0.779. The van der Waals surface area contributed by atoms with Gasteiger partial charge in [-0.25, -0.2) is 8.78 Å². The number of halogens is 3. The van der Waals surface area contributed by atoms with Crippen molar-refractivity contribution in [3.05, 3.63) is 70.2 Å². The van der Waals surface area contributed by atoms with Gasteiger partial charge in [-0.15, -0.1) is 0 Å². The van der Waals surface area contributed by atoms with Crippen LogP contribution in [0.15, 0.2) is 42.5 Å². The number of carbonyl (C=O) groups excluding carboxylic acids is 1. The van der Waals surface area contributed by atoms with Gasteiger partial charge in [0.15, 0.2) is 5.78 Å². The summed E-state index contributed by atoms with van der Waals surface area (Å²) in [6.07, 6.45) is 0. The summed E-state index contributed by atoms with van der Waals surface area (Å²) in [6, 6.07) is 10.3. The van der Waals surface area contributed by atoms with Crippen LogP contribution >= 0.6 is 11.6 Å². The molecule has 0 radical (unpaired) electrons. The van der Waals surface area contributed by atoms with E-state index >= 15 is 0 Å². The number of Topliss-reactive ketones (excluding diaryl/α,β-unsaturated/α-hetero) is 1. The van der Waals surface area contributed by atoms with Gasteiger partial charge < -0.3 is 4.74 Å². The van der Waals surface area contributed by atoms with Crippen molar-refractivity contribution in [2.75, 3.05) is 6.61 Å². The van der Waals surface area contributed by atoms with Gasteiger partial charge in [-0.2, -0.15) is 0 Å². The van der Waals surface area contributed by atoms with Crippen LogP contribution in [0.3, 0.4) is 0 Å². The molecule has 0 N–H and O–H groups in total. The van der Waals surface area contributed by atoms with Crippen LogP contribution in [0, 0.1) is 11.6 Å². The second kappa shape index (κ2) is 6.59. The van der Waals surface area contributed by atoms with Gasteiger partial charge in [0.05, 0.1) is 12.2 Å². The second-order valence-corrected chi connectivity index (χ2v) is 4.51. The monoisotopic (exact) mass is 296 g/mol. The minimum Gasteiger partial charge on any atom is -0.369 e. The lowest BCUT2D eigenvalue weighted by molar-refractivity contribution is 0.0718. The van der Waals surface area contributed by atoms with Crippen molar-refractivity contribution >= 4 is 17.4 Å². The van der Waals surface area contributed by atoms with Gasteiger partial charge in [-0.05, 0) is 23.8 Å². The molecule has 2 nitrogen and oxygen atoms in total. The predicted molar refractivity (Wildman–Crippen MR) is 71.8 cm³/mol. The molecule has 0 aromatic heterocycles. The standard InChI is InChI=1S/C15H11ClF2O2/c16-11-5-2-1-4-10(11)8-20-9-14(19)15-12(17)6-3-7-13(15)18/h1-7H,8-9H2. The Labute approximate surface area is 119 Å². The summed E-state index contributed by atoms with van der Waals surface area (Å²) < 4.78 is 31.9. The molecular weight excluding hydrogens is 286 g/mol. The maximum Gasteiger partial charge on any atom is 0.194 e. The van der Waals surface area contributed by atoms with Gasteiger partial charge in [0, 0.05) is 5.02 Å². The molecule has 0 saturated carbocycles. The summed E-state index contributed by atoms with van der Waals surface area (Å²) in [4.78, 5) is 11.7. The maximum atomic E-state index is 13.4. The van der Waals surface area contributed by atoms with Gasteiger partial charge in [-0.3, -0.25) is 4.79 Å². The van der Waals surface area contributed by atoms with Crippen molar-refractivity contribution in [1.82, 2.24) is 0 Å². The SMILES string of the molecule is O=C(COCc1ccccc1Cl)c1c(F)cccc1F. The maximum absolute atomic E-state index is 13.4. The molecule has 0 fully saturated rings. The molecule has 2 aromatic carbocycles. The highest BCUT2D eigenvalue weighted by Gasteiger charge is 2.16. The molecule has 0 aliphatic heterocycles. The van der Waals surface area contributed by atoms with Crippen LogP contribution in [0.2, 0.25) is 5.02 Å². The first kappa shape index (κ1) is 14.6. The lowest BCUT2D eigenvalue weighted by Crippen LogP contribution is -2.13. The Hall–Kier alpha value is -1.78. The van der Waals surface area contributed by atoms with Crippen molar-refractivity contribution < 1.29 is 18.3 Å². The van der Waals surface area contributed by atoms with Crippen molar-refractivity contribution in [3.8, 4) is 0 Å². The van der Waals surface area contributed by atoms with Crippen LogP contribution in [0.25, 0.3) is 0 Å². The number of hydrogen-bond acceptors (Lipinski definition) is 2. The first-order valence-corrected chi connectivity index (χ1v) is 6.25. The highest BCUT2D eigenvalue weighted by molar-refractivity contribution is 6.31. The third-order valence-electron chi connectivity index (χ3n) is 2.69. The molecule has 2 aromatic rings. The van der Waals surface area contributed by atoms with E-state index in [1.165, 1.54) is 6.07 Å². The molecule has 0 aliphatic rings. The zero-order valence-electron chi connectivity index (χ0n) is 10.4.